The van der Waals surface area contributed by atoms with Crippen LogP contribution in [-0.4, -0.2) is 22.9 Å². The maximum Gasteiger partial charge on any atom is 0.0621 e. The fourth-order valence-electron chi connectivity index (χ4n) is 0.525. The summed E-state index contributed by atoms with van der Waals surface area (Å²) < 4.78 is 0. The Hall–Kier alpha value is -0.340. The zero-order valence-electron chi connectivity index (χ0n) is 5.75. The zero-order valence-corrected chi connectivity index (χ0v) is 5.75. The van der Waals surface area contributed by atoms with Crippen molar-refractivity contribution < 1.29 is 10.2 Å². The van der Waals surface area contributed by atoms with Gasteiger partial charge in [0.2, 0.25) is 0 Å². The standard InChI is InChI=1S/C7H14O2/c1-3-4-7(9)6(2)5-8/h3,6-9H,1,4-5H2,2H3/t6-,7-/m1/s1. The highest BCUT2D eigenvalue weighted by Crippen LogP contribution is 2.05. The zero-order chi connectivity index (χ0) is 7.28. The van der Waals surface area contributed by atoms with Crippen molar-refractivity contribution in [2.24, 2.45) is 5.92 Å². The van der Waals surface area contributed by atoms with Gasteiger partial charge in [-0.3, -0.25) is 0 Å². The Morgan fingerprint density at radius 3 is 2.56 bits per heavy atom. The van der Waals surface area contributed by atoms with Gasteiger partial charge in [-0.25, -0.2) is 0 Å². The molecular weight excluding hydrogens is 116 g/mol. The highest BCUT2D eigenvalue weighted by atomic mass is 16.3. The molecule has 0 rings (SSSR count). The van der Waals surface area contributed by atoms with Gasteiger partial charge in [0.05, 0.1) is 6.10 Å². The van der Waals surface area contributed by atoms with Crippen LogP contribution in [0.15, 0.2) is 12.7 Å². The van der Waals surface area contributed by atoms with Crippen molar-refractivity contribution in [3.63, 3.8) is 0 Å². The van der Waals surface area contributed by atoms with Crippen LogP contribution in [0.2, 0.25) is 0 Å². The lowest BCUT2D eigenvalue weighted by atomic mass is 10.0. The van der Waals surface area contributed by atoms with E-state index in [1.165, 1.54) is 0 Å². The Kier molecular flexibility index (Phi) is 4.36. The monoisotopic (exact) mass is 130 g/mol. The van der Waals surface area contributed by atoms with E-state index in [1.54, 1.807) is 13.0 Å². The maximum atomic E-state index is 9.09. The van der Waals surface area contributed by atoms with Gasteiger partial charge in [0, 0.05) is 12.5 Å². The normalized spacial score (nSPS) is 16.8. The number of rotatable bonds is 4. The molecule has 0 aliphatic carbocycles. The summed E-state index contributed by atoms with van der Waals surface area (Å²) in [6.45, 7) is 5.31. The number of hydrogen-bond donors (Lipinski definition) is 2. The van der Waals surface area contributed by atoms with E-state index in [0.29, 0.717) is 6.42 Å². The average Bonchev–Trinajstić information content (AvgIpc) is 1.87. The fraction of sp³-hybridized carbons (Fsp3) is 0.714. The summed E-state index contributed by atoms with van der Waals surface area (Å²) in [6, 6.07) is 0. The topological polar surface area (TPSA) is 40.5 Å². The van der Waals surface area contributed by atoms with E-state index in [-0.39, 0.29) is 12.5 Å². The lowest BCUT2D eigenvalue weighted by Gasteiger charge is -2.13. The fourth-order valence-corrected chi connectivity index (χ4v) is 0.525. The molecule has 2 N–H and O–H groups in total. The first-order valence-electron chi connectivity index (χ1n) is 3.12. The van der Waals surface area contributed by atoms with Crippen molar-refractivity contribution in [2.75, 3.05) is 6.61 Å². The van der Waals surface area contributed by atoms with Gasteiger partial charge in [-0.2, -0.15) is 0 Å². The first-order chi connectivity index (χ1) is 4.22. The highest BCUT2D eigenvalue weighted by molar-refractivity contribution is 4.75. The van der Waals surface area contributed by atoms with E-state index in [0.717, 1.165) is 0 Å². The molecule has 9 heavy (non-hydrogen) atoms. The average molecular weight is 130 g/mol. The highest BCUT2D eigenvalue weighted by Gasteiger charge is 2.09. The predicted octanol–water partition coefficient (Wildman–Crippen LogP) is 0.552. The summed E-state index contributed by atoms with van der Waals surface area (Å²) >= 11 is 0. The Morgan fingerprint density at radius 1 is 1.67 bits per heavy atom. The molecule has 0 aliphatic rings. The Bertz CT molecular complexity index is 81.0. The Morgan fingerprint density at radius 2 is 2.22 bits per heavy atom. The Balaban J connectivity index is 3.44. The molecule has 0 aromatic heterocycles. The third-order valence-electron chi connectivity index (χ3n) is 1.35. The van der Waals surface area contributed by atoms with Crippen molar-refractivity contribution in [2.45, 2.75) is 19.4 Å². The molecule has 0 saturated carbocycles. The molecule has 0 aliphatic heterocycles. The minimum atomic E-state index is -0.438. The van der Waals surface area contributed by atoms with Crippen LogP contribution >= 0.6 is 0 Å². The predicted molar refractivity (Wildman–Crippen MR) is 37.1 cm³/mol. The molecule has 0 saturated heterocycles. The molecule has 0 aromatic rings. The molecule has 0 bridgehead atoms. The van der Waals surface area contributed by atoms with Crippen LogP contribution in [0.1, 0.15) is 13.3 Å². The summed E-state index contributed by atoms with van der Waals surface area (Å²) in [6.07, 6.45) is 1.77. The summed E-state index contributed by atoms with van der Waals surface area (Å²) in [4.78, 5) is 0. The van der Waals surface area contributed by atoms with Gasteiger partial charge in [-0.05, 0) is 6.42 Å². The van der Waals surface area contributed by atoms with Crippen LogP contribution in [0.4, 0.5) is 0 Å². The van der Waals surface area contributed by atoms with Crippen LogP contribution in [-0.2, 0) is 0 Å². The lowest BCUT2D eigenvalue weighted by molar-refractivity contribution is 0.0795. The molecule has 0 spiro atoms. The molecule has 2 atom stereocenters. The second-order valence-corrected chi connectivity index (χ2v) is 2.25. The molecule has 0 radical (unpaired) electrons. The molecule has 0 fully saturated rings. The number of aliphatic hydroxyl groups excluding tert-OH is 2. The summed E-state index contributed by atoms with van der Waals surface area (Å²) in [7, 11) is 0. The van der Waals surface area contributed by atoms with Crippen molar-refractivity contribution >= 4 is 0 Å². The van der Waals surface area contributed by atoms with Crippen LogP contribution in [0.3, 0.4) is 0 Å². The van der Waals surface area contributed by atoms with E-state index < -0.39 is 6.10 Å². The SMILES string of the molecule is C=CC[C@@H](O)[C@H](C)CO. The molecule has 0 unspecified atom stereocenters. The van der Waals surface area contributed by atoms with Crippen molar-refractivity contribution in [1.82, 2.24) is 0 Å². The van der Waals surface area contributed by atoms with Crippen molar-refractivity contribution in [3.8, 4) is 0 Å². The Labute approximate surface area is 55.8 Å². The first kappa shape index (κ1) is 8.66. The van der Waals surface area contributed by atoms with Gasteiger partial charge in [0.25, 0.3) is 0 Å². The second kappa shape index (κ2) is 4.53. The molecule has 2 heteroatoms. The van der Waals surface area contributed by atoms with Gasteiger partial charge >= 0.3 is 0 Å². The molecule has 54 valence electrons. The molecule has 0 heterocycles. The van der Waals surface area contributed by atoms with E-state index in [2.05, 4.69) is 6.58 Å². The van der Waals surface area contributed by atoms with Crippen molar-refractivity contribution in [1.29, 1.82) is 0 Å². The van der Waals surface area contributed by atoms with Gasteiger partial charge in [-0.1, -0.05) is 13.0 Å². The van der Waals surface area contributed by atoms with E-state index >= 15 is 0 Å². The van der Waals surface area contributed by atoms with Gasteiger partial charge in [0.1, 0.15) is 0 Å². The number of aliphatic hydroxyl groups is 2. The van der Waals surface area contributed by atoms with Crippen LogP contribution < -0.4 is 0 Å². The van der Waals surface area contributed by atoms with Crippen LogP contribution in [0, 0.1) is 5.92 Å². The third kappa shape index (κ3) is 3.27. The third-order valence-corrected chi connectivity index (χ3v) is 1.35. The van der Waals surface area contributed by atoms with Gasteiger partial charge in [-0.15, -0.1) is 6.58 Å². The van der Waals surface area contributed by atoms with E-state index in [4.69, 9.17) is 10.2 Å². The van der Waals surface area contributed by atoms with E-state index in [1.807, 2.05) is 0 Å². The number of hydrogen-bond acceptors (Lipinski definition) is 2. The van der Waals surface area contributed by atoms with Gasteiger partial charge < -0.3 is 10.2 Å². The van der Waals surface area contributed by atoms with Gasteiger partial charge in [0.15, 0.2) is 0 Å². The van der Waals surface area contributed by atoms with Crippen molar-refractivity contribution in [3.05, 3.63) is 12.7 Å². The lowest BCUT2D eigenvalue weighted by Crippen LogP contribution is -2.19. The molecular formula is C7H14O2. The minimum absolute atomic E-state index is 0.0367. The second-order valence-electron chi connectivity index (χ2n) is 2.25. The van der Waals surface area contributed by atoms with Crippen LogP contribution in [0.5, 0.6) is 0 Å². The largest absolute Gasteiger partial charge is 0.396 e. The maximum absolute atomic E-state index is 9.09. The summed E-state index contributed by atoms with van der Waals surface area (Å²) in [5.74, 6) is -0.0389. The first-order valence-corrected chi connectivity index (χ1v) is 3.12. The summed E-state index contributed by atoms with van der Waals surface area (Å²) in [5.41, 5.74) is 0. The molecule has 0 aromatic carbocycles. The van der Waals surface area contributed by atoms with E-state index in [9.17, 15) is 0 Å². The van der Waals surface area contributed by atoms with Crippen LogP contribution in [0.25, 0.3) is 0 Å². The summed E-state index contributed by atoms with van der Waals surface area (Å²) in [5, 5.41) is 17.6. The molecule has 0 amide bonds. The molecule has 2 nitrogen and oxygen atoms in total. The quantitative estimate of drug-likeness (QED) is 0.546. The minimum Gasteiger partial charge on any atom is -0.396 e. The smallest absolute Gasteiger partial charge is 0.0621 e.